The van der Waals surface area contributed by atoms with Gasteiger partial charge in [0.05, 0.1) is 5.56 Å². The minimum atomic E-state index is -0.0571. The highest BCUT2D eigenvalue weighted by atomic mass is 16.5. The van der Waals surface area contributed by atoms with Gasteiger partial charge in [0.15, 0.2) is 11.6 Å². The van der Waals surface area contributed by atoms with Crippen molar-refractivity contribution in [2.75, 3.05) is 0 Å². The Morgan fingerprint density at radius 3 is 2.32 bits per heavy atom. The Bertz CT molecular complexity index is 629. The minimum absolute atomic E-state index is 0.0229. The first kappa shape index (κ1) is 13.0. The molecule has 19 heavy (non-hydrogen) atoms. The fourth-order valence-electron chi connectivity index (χ4n) is 1.75. The average Bonchev–Trinajstić information content (AvgIpc) is 2.39. The molecule has 0 aliphatic carbocycles. The van der Waals surface area contributed by atoms with Crippen molar-refractivity contribution in [3.05, 3.63) is 59.7 Å². The number of para-hydroxylation sites is 1. The van der Waals surface area contributed by atoms with Gasteiger partial charge in [0, 0.05) is 5.56 Å². The molecule has 0 aliphatic heterocycles. The Morgan fingerprint density at radius 2 is 1.63 bits per heavy atom. The molecule has 0 fully saturated rings. The van der Waals surface area contributed by atoms with Crippen molar-refractivity contribution in [1.29, 1.82) is 0 Å². The molecule has 2 rings (SSSR count). The van der Waals surface area contributed by atoms with Crippen molar-refractivity contribution in [3.8, 4) is 11.5 Å². The van der Waals surface area contributed by atoms with Gasteiger partial charge in [-0.3, -0.25) is 9.59 Å². The third-order valence-electron chi connectivity index (χ3n) is 2.73. The Hall–Kier alpha value is -2.42. The van der Waals surface area contributed by atoms with E-state index >= 15 is 0 Å². The van der Waals surface area contributed by atoms with Gasteiger partial charge >= 0.3 is 0 Å². The van der Waals surface area contributed by atoms with Gasteiger partial charge in [-0.1, -0.05) is 24.3 Å². The molecule has 0 radical (unpaired) electrons. The van der Waals surface area contributed by atoms with Crippen LogP contribution in [0.25, 0.3) is 0 Å². The topological polar surface area (TPSA) is 43.4 Å². The van der Waals surface area contributed by atoms with Crippen molar-refractivity contribution in [2.45, 2.75) is 13.8 Å². The molecule has 0 saturated carbocycles. The standard InChI is InChI=1S/C16H14O3/c1-11(17)13-6-5-7-14(10-13)19-16-9-4-3-8-15(16)12(2)18/h3-10H,1-2H3. The predicted molar refractivity (Wildman–Crippen MR) is 73.0 cm³/mol. The van der Waals surface area contributed by atoms with Crippen molar-refractivity contribution in [3.63, 3.8) is 0 Å². The van der Waals surface area contributed by atoms with Gasteiger partial charge in [0.25, 0.3) is 0 Å². The fourth-order valence-corrected chi connectivity index (χ4v) is 1.75. The number of benzene rings is 2. The molecular formula is C16H14O3. The molecular weight excluding hydrogens is 240 g/mol. The average molecular weight is 254 g/mol. The summed E-state index contributed by atoms with van der Waals surface area (Å²) in [6.45, 7) is 3.00. The van der Waals surface area contributed by atoms with Crippen LogP contribution in [0.1, 0.15) is 34.6 Å². The quantitative estimate of drug-likeness (QED) is 0.777. The number of hydrogen-bond donors (Lipinski definition) is 0. The maximum Gasteiger partial charge on any atom is 0.163 e. The van der Waals surface area contributed by atoms with Crippen molar-refractivity contribution in [1.82, 2.24) is 0 Å². The molecule has 0 spiro atoms. The van der Waals surface area contributed by atoms with Crippen molar-refractivity contribution in [2.24, 2.45) is 0 Å². The van der Waals surface area contributed by atoms with Gasteiger partial charge < -0.3 is 4.74 Å². The van der Waals surface area contributed by atoms with Crippen LogP contribution in [0, 0.1) is 0 Å². The van der Waals surface area contributed by atoms with E-state index in [1.807, 2.05) is 0 Å². The SMILES string of the molecule is CC(=O)c1cccc(Oc2ccccc2C(C)=O)c1. The monoisotopic (exact) mass is 254 g/mol. The molecule has 0 N–H and O–H groups in total. The molecule has 0 unspecified atom stereocenters. The van der Waals surface area contributed by atoms with Crippen molar-refractivity contribution >= 4 is 11.6 Å². The first-order chi connectivity index (χ1) is 9.08. The van der Waals surface area contributed by atoms with E-state index in [1.165, 1.54) is 13.8 Å². The van der Waals surface area contributed by atoms with E-state index in [4.69, 9.17) is 4.74 Å². The fraction of sp³-hybridized carbons (Fsp3) is 0.125. The Labute approximate surface area is 111 Å². The third kappa shape index (κ3) is 3.07. The van der Waals surface area contributed by atoms with E-state index in [1.54, 1.807) is 48.5 Å². The molecule has 0 atom stereocenters. The molecule has 2 aromatic carbocycles. The number of carbonyl (C=O) groups excluding carboxylic acids is 2. The molecule has 3 nitrogen and oxygen atoms in total. The number of rotatable bonds is 4. The van der Waals surface area contributed by atoms with Crippen LogP contribution in [0.2, 0.25) is 0 Å². The zero-order valence-electron chi connectivity index (χ0n) is 10.8. The zero-order valence-corrected chi connectivity index (χ0v) is 10.8. The highest BCUT2D eigenvalue weighted by Crippen LogP contribution is 2.26. The van der Waals surface area contributed by atoms with E-state index in [0.717, 1.165) is 0 Å². The molecule has 0 aromatic heterocycles. The maximum atomic E-state index is 11.5. The van der Waals surface area contributed by atoms with Gasteiger partial charge in [-0.15, -0.1) is 0 Å². The van der Waals surface area contributed by atoms with Crippen LogP contribution in [0.15, 0.2) is 48.5 Å². The lowest BCUT2D eigenvalue weighted by Crippen LogP contribution is -1.97. The second-order valence-electron chi connectivity index (χ2n) is 4.24. The molecule has 0 bridgehead atoms. The molecule has 0 heterocycles. The van der Waals surface area contributed by atoms with E-state index in [0.29, 0.717) is 22.6 Å². The Balaban J connectivity index is 2.34. The largest absolute Gasteiger partial charge is 0.457 e. The molecule has 0 saturated heterocycles. The summed E-state index contributed by atoms with van der Waals surface area (Å²) in [6.07, 6.45) is 0. The summed E-state index contributed by atoms with van der Waals surface area (Å²) in [5.74, 6) is 0.959. The van der Waals surface area contributed by atoms with Crippen LogP contribution in [-0.4, -0.2) is 11.6 Å². The molecule has 2 aromatic rings. The summed E-state index contributed by atoms with van der Waals surface area (Å²) in [4.78, 5) is 22.8. The summed E-state index contributed by atoms with van der Waals surface area (Å²) in [5, 5.41) is 0. The van der Waals surface area contributed by atoms with Crippen LogP contribution in [-0.2, 0) is 0 Å². The zero-order chi connectivity index (χ0) is 13.8. The summed E-state index contributed by atoms with van der Waals surface area (Å²) in [6, 6.07) is 13.9. The number of hydrogen-bond acceptors (Lipinski definition) is 3. The van der Waals surface area contributed by atoms with Crippen LogP contribution in [0.4, 0.5) is 0 Å². The normalized spacial score (nSPS) is 10.0. The highest BCUT2D eigenvalue weighted by Gasteiger charge is 2.09. The van der Waals surface area contributed by atoms with Gasteiger partial charge in [-0.25, -0.2) is 0 Å². The number of carbonyl (C=O) groups is 2. The van der Waals surface area contributed by atoms with E-state index < -0.39 is 0 Å². The van der Waals surface area contributed by atoms with Gasteiger partial charge in [0.2, 0.25) is 0 Å². The van der Waals surface area contributed by atoms with Crippen LogP contribution < -0.4 is 4.74 Å². The number of ketones is 2. The molecule has 3 heteroatoms. The molecule has 0 amide bonds. The summed E-state index contributed by atoms with van der Waals surface area (Å²) < 4.78 is 5.69. The van der Waals surface area contributed by atoms with Gasteiger partial charge in [0.1, 0.15) is 11.5 Å². The lowest BCUT2D eigenvalue weighted by Gasteiger charge is -2.09. The smallest absolute Gasteiger partial charge is 0.163 e. The van der Waals surface area contributed by atoms with E-state index in [9.17, 15) is 9.59 Å². The highest BCUT2D eigenvalue weighted by molar-refractivity contribution is 5.97. The van der Waals surface area contributed by atoms with Crippen LogP contribution in [0.3, 0.4) is 0 Å². The van der Waals surface area contributed by atoms with E-state index in [2.05, 4.69) is 0 Å². The first-order valence-electron chi connectivity index (χ1n) is 5.97. The van der Waals surface area contributed by atoms with Crippen molar-refractivity contribution < 1.29 is 14.3 Å². The molecule has 0 aliphatic rings. The van der Waals surface area contributed by atoms with Crippen LogP contribution in [0.5, 0.6) is 11.5 Å². The summed E-state index contributed by atoms with van der Waals surface area (Å²) in [5.41, 5.74) is 1.11. The Kier molecular flexibility index (Phi) is 3.76. The Morgan fingerprint density at radius 1 is 0.895 bits per heavy atom. The first-order valence-corrected chi connectivity index (χ1v) is 5.97. The second-order valence-corrected chi connectivity index (χ2v) is 4.24. The van der Waals surface area contributed by atoms with Crippen LogP contribution >= 0.6 is 0 Å². The van der Waals surface area contributed by atoms with Gasteiger partial charge in [-0.2, -0.15) is 0 Å². The van der Waals surface area contributed by atoms with Gasteiger partial charge in [-0.05, 0) is 38.1 Å². The van der Waals surface area contributed by atoms with E-state index in [-0.39, 0.29) is 11.6 Å². The summed E-state index contributed by atoms with van der Waals surface area (Å²) in [7, 11) is 0. The molecule has 96 valence electrons. The third-order valence-corrected chi connectivity index (χ3v) is 2.73. The lowest BCUT2D eigenvalue weighted by atomic mass is 10.1. The number of Topliss-reactive ketones (excluding diaryl/α,β-unsaturated/α-hetero) is 2. The number of ether oxygens (including phenoxy) is 1. The second kappa shape index (κ2) is 5.48. The lowest BCUT2D eigenvalue weighted by molar-refractivity contribution is 0.100. The minimum Gasteiger partial charge on any atom is -0.457 e. The maximum absolute atomic E-state index is 11.5. The summed E-state index contributed by atoms with van der Waals surface area (Å²) >= 11 is 0. The predicted octanol–water partition coefficient (Wildman–Crippen LogP) is 3.88.